The van der Waals surface area contributed by atoms with Crippen molar-refractivity contribution in [3.8, 4) is 136 Å². The van der Waals surface area contributed by atoms with Crippen molar-refractivity contribution in [2.75, 3.05) is 0 Å². The molecule has 688 valence electrons. The molecular weight excluding hydrogens is 1760 g/mol. The number of furan rings is 5. The van der Waals surface area contributed by atoms with Crippen LogP contribution in [0.15, 0.2) is 392 Å². The van der Waals surface area contributed by atoms with E-state index in [0.717, 1.165) is 160 Å². The van der Waals surface area contributed by atoms with Crippen molar-refractivity contribution in [3.05, 3.63) is 403 Å². The number of fused-ring (bicyclic) bond motifs is 25. The van der Waals surface area contributed by atoms with E-state index in [4.69, 9.17) is 66.9 Å². The number of para-hydroxylation sites is 2. The molecule has 17 aromatic carbocycles. The van der Waals surface area contributed by atoms with E-state index in [9.17, 15) is 0 Å². The summed E-state index contributed by atoms with van der Waals surface area (Å²) in [6, 6.07) is 128. The van der Waals surface area contributed by atoms with E-state index in [2.05, 4.69) is 253 Å². The molecule has 14 heteroatoms. The standard InChI is InChI=1S/2C45H33N3O2.C39H31N3O/c1-44(2)32-18-10-8-15-28(32)39-33(45(44,3)4)22-24-37-40(39)31-25-27(21-23-35(31)50-37)42-46-41(26-13-6-5-7-14-26)47-43(48-42)30-17-12-20-36-38(30)29-16-9-11-19-34(29)49-36;1-44(2)34-18-10-8-15-28(34)31-24-33-32-23-27(21-22-37(32)50-39(33)25-35(31)45(44,3)4)42-46-41(26-13-6-5-7-14-26)47-43(48-42)30-17-12-20-38-40(30)29-16-9-11-19-36(29)49-38;1-38(2)31-18-12-11-17-27(31)28-22-30-29-21-26(19-20-33(29)43-34(30)23-32(28)39(38,3)4)37-41-35(24-13-7-5-8-14-24)40-36(42-37)25-15-9-6-10-16-25/h2*5-25H,1-4H3;5-23H,1-4H3. The molecule has 14 nitrogen and oxygen atoms in total. The number of hydrogen-bond donors (Lipinski definition) is 0. The molecule has 0 amide bonds. The van der Waals surface area contributed by atoms with Crippen molar-refractivity contribution in [2.45, 2.75) is 116 Å². The van der Waals surface area contributed by atoms with Crippen LogP contribution >= 0.6 is 0 Å². The molecule has 143 heavy (non-hydrogen) atoms. The summed E-state index contributed by atoms with van der Waals surface area (Å²) in [7, 11) is 0. The smallest absolute Gasteiger partial charge is 0.164 e. The van der Waals surface area contributed by atoms with Crippen molar-refractivity contribution in [3.63, 3.8) is 0 Å². The van der Waals surface area contributed by atoms with Gasteiger partial charge in [-0.25, -0.2) is 44.9 Å². The lowest BCUT2D eigenvalue weighted by atomic mass is 9.55. The summed E-state index contributed by atoms with van der Waals surface area (Å²) >= 11 is 0. The van der Waals surface area contributed by atoms with Crippen molar-refractivity contribution in [1.29, 1.82) is 0 Å². The number of benzene rings is 17. The molecule has 8 aromatic heterocycles. The van der Waals surface area contributed by atoms with E-state index in [1.807, 2.05) is 200 Å². The summed E-state index contributed by atoms with van der Waals surface area (Å²) in [5.74, 6) is 5.55. The van der Waals surface area contributed by atoms with E-state index in [1.165, 1.54) is 66.8 Å². The lowest BCUT2D eigenvalue weighted by molar-refractivity contribution is 0.299. The van der Waals surface area contributed by atoms with Gasteiger partial charge in [-0.2, -0.15) is 0 Å². The Hall–Kier alpha value is -17.2. The molecular formula is C129H97N9O5. The third-order valence-corrected chi connectivity index (χ3v) is 32.3. The number of aromatic nitrogens is 9. The molecule has 0 saturated carbocycles. The molecule has 0 N–H and O–H groups in total. The van der Waals surface area contributed by atoms with Gasteiger partial charge in [0.15, 0.2) is 52.4 Å². The largest absolute Gasteiger partial charge is 0.456 e. The molecule has 3 aliphatic rings. The molecule has 3 aliphatic carbocycles. The minimum Gasteiger partial charge on any atom is -0.456 e. The monoisotopic (exact) mass is 1850 g/mol. The first kappa shape index (κ1) is 86.1. The van der Waals surface area contributed by atoms with E-state index >= 15 is 0 Å². The molecule has 0 radical (unpaired) electrons. The zero-order chi connectivity index (χ0) is 96.9. The van der Waals surface area contributed by atoms with E-state index in [0.29, 0.717) is 52.4 Å². The van der Waals surface area contributed by atoms with Crippen LogP contribution in [-0.4, -0.2) is 44.9 Å². The summed E-state index contributed by atoms with van der Waals surface area (Å²) in [5.41, 5.74) is 32.0. The highest BCUT2D eigenvalue weighted by Gasteiger charge is 2.50. The maximum absolute atomic E-state index is 6.56. The lowest BCUT2D eigenvalue weighted by Gasteiger charge is -2.48. The topological polar surface area (TPSA) is 182 Å². The van der Waals surface area contributed by atoms with Crippen LogP contribution in [0.25, 0.3) is 246 Å². The Morgan fingerprint density at radius 3 is 0.797 bits per heavy atom. The average Bonchev–Trinajstić information content (AvgIpc) is 1.68. The van der Waals surface area contributed by atoms with Gasteiger partial charge in [0.25, 0.3) is 0 Å². The predicted octanol–water partition coefficient (Wildman–Crippen LogP) is 33.8. The van der Waals surface area contributed by atoms with Crippen molar-refractivity contribution < 1.29 is 22.1 Å². The Kier molecular flexibility index (Phi) is 19.4. The normalized spacial score (nSPS) is 14.8. The van der Waals surface area contributed by atoms with E-state index in [1.54, 1.807) is 0 Å². The van der Waals surface area contributed by atoms with Crippen molar-refractivity contribution in [2.24, 2.45) is 0 Å². The summed E-state index contributed by atoms with van der Waals surface area (Å²) in [6.07, 6.45) is 0. The fourth-order valence-electron chi connectivity index (χ4n) is 22.5. The minimum absolute atomic E-state index is 0.0327. The highest BCUT2D eigenvalue weighted by molar-refractivity contribution is 6.17. The first-order valence-corrected chi connectivity index (χ1v) is 49.0. The van der Waals surface area contributed by atoms with Crippen LogP contribution in [0.3, 0.4) is 0 Å². The molecule has 25 aromatic rings. The average molecular weight is 1850 g/mol. The SMILES string of the molecule is CC1(C)c2ccccc2-c2c(ccc3oc4ccc(-c5nc(-c6ccccc6)nc(-c6cccc7oc8ccccc8c67)n5)cc4c23)C1(C)C.CC1(C)c2ccccc2-c2cc3c(cc2C1(C)C)oc1ccc(-c2nc(-c4ccccc4)nc(-c4cccc5oc6ccccc6c45)n2)cc13.CC1(C)c2ccccc2-c2cc3c(cc2C1(C)C)oc1ccc(-c2nc(-c4ccccc4)nc(-c4ccccc4)n2)cc13. The van der Waals surface area contributed by atoms with Crippen molar-refractivity contribution >= 4 is 110 Å². The molecule has 0 fully saturated rings. The van der Waals surface area contributed by atoms with E-state index < -0.39 is 0 Å². The van der Waals surface area contributed by atoms with Gasteiger partial charge in [0.2, 0.25) is 0 Å². The Balaban J connectivity index is 0.000000110. The Labute approximate surface area is 826 Å². The molecule has 0 atom stereocenters. The van der Waals surface area contributed by atoms with Gasteiger partial charge < -0.3 is 22.1 Å². The lowest BCUT2D eigenvalue weighted by Crippen LogP contribution is -2.43. The first-order chi connectivity index (χ1) is 69.4. The first-order valence-electron chi connectivity index (χ1n) is 49.0. The summed E-state index contributed by atoms with van der Waals surface area (Å²) in [6.45, 7) is 28.3. The van der Waals surface area contributed by atoms with E-state index in [-0.39, 0.29) is 32.5 Å². The maximum atomic E-state index is 6.56. The quantitative estimate of drug-likeness (QED) is 0.133. The zero-order valence-electron chi connectivity index (χ0n) is 81.3. The fourth-order valence-corrected chi connectivity index (χ4v) is 22.5. The fraction of sp³-hybridized carbons (Fsp3) is 0.140. The van der Waals surface area contributed by atoms with Gasteiger partial charge in [-0.05, 0) is 208 Å². The summed E-state index contributed by atoms with van der Waals surface area (Å²) in [4.78, 5) is 45.4. The van der Waals surface area contributed by atoms with Gasteiger partial charge in [0.1, 0.15) is 55.8 Å². The highest BCUT2D eigenvalue weighted by atomic mass is 16.3. The Bertz CT molecular complexity index is 9490. The van der Waals surface area contributed by atoms with Crippen LogP contribution in [0.1, 0.15) is 116 Å². The molecule has 0 unspecified atom stereocenters. The zero-order valence-corrected chi connectivity index (χ0v) is 81.3. The molecule has 8 heterocycles. The third-order valence-electron chi connectivity index (χ3n) is 32.3. The second-order valence-corrected chi connectivity index (χ2v) is 41.4. The molecule has 28 rings (SSSR count). The number of nitrogens with zero attached hydrogens (tertiary/aromatic N) is 9. The van der Waals surface area contributed by atoms with Crippen LogP contribution in [0.5, 0.6) is 0 Å². The third kappa shape index (κ3) is 13.5. The molecule has 0 bridgehead atoms. The molecule has 0 aliphatic heterocycles. The van der Waals surface area contributed by atoms with Crippen LogP contribution in [0, 0.1) is 0 Å². The van der Waals surface area contributed by atoms with Crippen molar-refractivity contribution in [1.82, 2.24) is 44.9 Å². The summed E-state index contributed by atoms with van der Waals surface area (Å²) in [5, 5.41) is 10.5. The van der Waals surface area contributed by atoms with Crippen LogP contribution in [0.4, 0.5) is 0 Å². The Morgan fingerprint density at radius 2 is 0.406 bits per heavy atom. The van der Waals surface area contributed by atoms with Crippen LogP contribution in [0.2, 0.25) is 0 Å². The minimum atomic E-state index is -0.113. The molecule has 0 spiro atoms. The van der Waals surface area contributed by atoms with Gasteiger partial charge in [-0.15, -0.1) is 0 Å². The van der Waals surface area contributed by atoms with Gasteiger partial charge in [0, 0.05) is 104 Å². The van der Waals surface area contributed by atoms with Gasteiger partial charge in [-0.1, -0.05) is 344 Å². The van der Waals surface area contributed by atoms with Gasteiger partial charge >= 0.3 is 0 Å². The predicted molar refractivity (Wildman–Crippen MR) is 579 cm³/mol. The number of rotatable bonds is 9. The maximum Gasteiger partial charge on any atom is 0.164 e. The second-order valence-electron chi connectivity index (χ2n) is 41.4. The van der Waals surface area contributed by atoms with Crippen LogP contribution < -0.4 is 0 Å². The van der Waals surface area contributed by atoms with Gasteiger partial charge in [-0.3, -0.25) is 0 Å². The Morgan fingerprint density at radius 1 is 0.147 bits per heavy atom. The molecule has 0 saturated heterocycles. The highest BCUT2D eigenvalue weighted by Crippen LogP contribution is 2.60. The van der Waals surface area contributed by atoms with Gasteiger partial charge in [0.05, 0.1) is 0 Å². The number of hydrogen-bond acceptors (Lipinski definition) is 14. The summed E-state index contributed by atoms with van der Waals surface area (Å²) < 4.78 is 32.1. The van der Waals surface area contributed by atoms with Crippen LogP contribution in [-0.2, 0) is 32.5 Å². The second kappa shape index (κ2) is 32.2.